The molecule has 0 aromatic heterocycles. The molecule has 16 heavy (non-hydrogen) atoms. The van der Waals surface area contributed by atoms with Gasteiger partial charge in [0.25, 0.3) is 0 Å². The summed E-state index contributed by atoms with van der Waals surface area (Å²) in [5, 5.41) is 8.86. The van der Waals surface area contributed by atoms with Gasteiger partial charge < -0.3 is 10.8 Å². The Morgan fingerprint density at radius 1 is 1.31 bits per heavy atom. The standard InChI is InChI=1S/C10H11F4NO/c11-9-3-7(10(12,13)14)1-2-8(9)6(4-15)5-16/h1-3,6,16H,4-5,15H2. The Kier molecular flexibility index (Phi) is 3.88. The smallest absolute Gasteiger partial charge is 0.396 e. The number of aliphatic hydroxyl groups excluding tert-OH is 1. The third-order valence-electron chi connectivity index (χ3n) is 2.27. The lowest BCUT2D eigenvalue weighted by atomic mass is 9.98. The maximum atomic E-state index is 13.3. The van der Waals surface area contributed by atoms with E-state index < -0.39 is 30.1 Å². The van der Waals surface area contributed by atoms with Crippen molar-refractivity contribution in [1.29, 1.82) is 0 Å². The Balaban J connectivity index is 3.09. The highest BCUT2D eigenvalue weighted by molar-refractivity contribution is 5.29. The molecule has 0 radical (unpaired) electrons. The van der Waals surface area contributed by atoms with Gasteiger partial charge in [-0.25, -0.2) is 4.39 Å². The summed E-state index contributed by atoms with van der Waals surface area (Å²) < 4.78 is 50.0. The first-order valence-corrected chi connectivity index (χ1v) is 4.57. The van der Waals surface area contributed by atoms with Gasteiger partial charge in [0.05, 0.1) is 12.2 Å². The van der Waals surface area contributed by atoms with Crippen molar-refractivity contribution in [3.8, 4) is 0 Å². The van der Waals surface area contributed by atoms with Gasteiger partial charge in [0, 0.05) is 12.5 Å². The van der Waals surface area contributed by atoms with E-state index in [0.29, 0.717) is 6.07 Å². The molecule has 1 unspecified atom stereocenters. The van der Waals surface area contributed by atoms with E-state index in [-0.39, 0.29) is 12.1 Å². The molecule has 0 heterocycles. The molecular formula is C10H11F4NO. The highest BCUT2D eigenvalue weighted by Gasteiger charge is 2.31. The Morgan fingerprint density at radius 3 is 2.31 bits per heavy atom. The molecule has 1 atom stereocenters. The molecule has 6 heteroatoms. The number of nitrogens with two attached hydrogens (primary N) is 1. The van der Waals surface area contributed by atoms with Crippen molar-refractivity contribution in [1.82, 2.24) is 0 Å². The van der Waals surface area contributed by atoms with E-state index in [0.717, 1.165) is 12.1 Å². The highest BCUT2D eigenvalue weighted by atomic mass is 19.4. The summed E-state index contributed by atoms with van der Waals surface area (Å²) in [7, 11) is 0. The summed E-state index contributed by atoms with van der Waals surface area (Å²) in [6.45, 7) is -0.433. The molecule has 1 aromatic carbocycles. The molecule has 90 valence electrons. The van der Waals surface area contributed by atoms with Crippen molar-refractivity contribution >= 4 is 0 Å². The molecule has 0 aliphatic heterocycles. The fraction of sp³-hybridized carbons (Fsp3) is 0.400. The lowest BCUT2D eigenvalue weighted by molar-refractivity contribution is -0.137. The van der Waals surface area contributed by atoms with Crippen LogP contribution in [-0.2, 0) is 6.18 Å². The molecule has 1 rings (SSSR count). The van der Waals surface area contributed by atoms with Gasteiger partial charge in [-0.05, 0) is 17.7 Å². The Hall–Kier alpha value is -1.14. The zero-order valence-corrected chi connectivity index (χ0v) is 8.26. The van der Waals surface area contributed by atoms with Crippen molar-refractivity contribution in [2.45, 2.75) is 12.1 Å². The maximum absolute atomic E-state index is 13.3. The van der Waals surface area contributed by atoms with Crippen LogP contribution in [0.25, 0.3) is 0 Å². The first kappa shape index (κ1) is 12.9. The summed E-state index contributed by atoms with van der Waals surface area (Å²) in [6, 6.07) is 2.19. The lowest BCUT2D eigenvalue weighted by Gasteiger charge is -2.14. The minimum absolute atomic E-state index is 0.00185. The zero-order chi connectivity index (χ0) is 12.3. The number of aliphatic hydroxyl groups is 1. The van der Waals surface area contributed by atoms with Crippen LogP contribution in [0.15, 0.2) is 18.2 Å². The van der Waals surface area contributed by atoms with E-state index in [1.807, 2.05) is 0 Å². The molecule has 3 N–H and O–H groups in total. The molecule has 1 aromatic rings. The van der Waals surface area contributed by atoms with Crippen LogP contribution in [-0.4, -0.2) is 18.3 Å². The number of hydrogen-bond donors (Lipinski definition) is 2. The minimum atomic E-state index is -4.57. The molecule has 0 fully saturated rings. The molecular weight excluding hydrogens is 226 g/mol. The molecule has 0 saturated carbocycles. The summed E-state index contributed by atoms with van der Waals surface area (Å²) in [5.74, 6) is -1.68. The topological polar surface area (TPSA) is 46.2 Å². The number of halogens is 4. The van der Waals surface area contributed by atoms with E-state index in [2.05, 4.69) is 0 Å². The van der Waals surface area contributed by atoms with Gasteiger partial charge in [-0.1, -0.05) is 6.07 Å². The van der Waals surface area contributed by atoms with Gasteiger partial charge in [-0.2, -0.15) is 13.2 Å². The SMILES string of the molecule is NCC(CO)c1ccc(C(F)(F)F)cc1F. The molecule has 2 nitrogen and oxygen atoms in total. The predicted molar refractivity (Wildman–Crippen MR) is 50.3 cm³/mol. The van der Waals surface area contributed by atoms with Crippen LogP contribution in [0.3, 0.4) is 0 Å². The van der Waals surface area contributed by atoms with Gasteiger partial charge in [-0.15, -0.1) is 0 Å². The number of alkyl halides is 3. The van der Waals surface area contributed by atoms with Crippen LogP contribution in [0, 0.1) is 5.82 Å². The van der Waals surface area contributed by atoms with Crippen LogP contribution in [0.1, 0.15) is 17.0 Å². The van der Waals surface area contributed by atoms with Crippen LogP contribution >= 0.6 is 0 Å². The van der Waals surface area contributed by atoms with E-state index in [1.54, 1.807) is 0 Å². The van der Waals surface area contributed by atoms with E-state index >= 15 is 0 Å². The maximum Gasteiger partial charge on any atom is 0.416 e. The Bertz CT molecular complexity index is 360. The molecule has 0 saturated heterocycles. The number of rotatable bonds is 3. The second-order valence-electron chi connectivity index (χ2n) is 3.35. The van der Waals surface area contributed by atoms with Crippen LogP contribution in [0.2, 0.25) is 0 Å². The Morgan fingerprint density at radius 2 is 1.94 bits per heavy atom. The van der Waals surface area contributed by atoms with Crippen molar-refractivity contribution < 1.29 is 22.7 Å². The van der Waals surface area contributed by atoms with Gasteiger partial charge >= 0.3 is 6.18 Å². The third kappa shape index (κ3) is 2.70. The lowest BCUT2D eigenvalue weighted by Crippen LogP contribution is -2.18. The van der Waals surface area contributed by atoms with E-state index in [9.17, 15) is 17.6 Å². The van der Waals surface area contributed by atoms with Crippen LogP contribution in [0.4, 0.5) is 17.6 Å². The molecule has 0 bridgehead atoms. The van der Waals surface area contributed by atoms with E-state index in [4.69, 9.17) is 10.8 Å². The summed E-state index contributed by atoms with van der Waals surface area (Å²) in [6.07, 6.45) is -4.57. The molecule has 0 aliphatic carbocycles. The third-order valence-corrected chi connectivity index (χ3v) is 2.27. The van der Waals surface area contributed by atoms with Crippen LogP contribution < -0.4 is 5.73 Å². The zero-order valence-electron chi connectivity index (χ0n) is 8.26. The normalized spacial score (nSPS) is 13.9. The van der Waals surface area contributed by atoms with Gasteiger partial charge in [0.1, 0.15) is 5.82 Å². The largest absolute Gasteiger partial charge is 0.416 e. The number of benzene rings is 1. The van der Waals surface area contributed by atoms with Crippen LogP contribution in [0.5, 0.6) is 0 Å². The number of hydrogen-bond acceptors (Lipinski definition) is 2. The fourth-order valence-corrected chi connectivity index (χ4v) is 1.33. The van der Waals surface area contributed by atoms with Crippen molar-refractivity contribution in [3.63, 3.8) is 0 Å². The summed E-state index contributed by atoms with van der Waals surface area (Å²) >= 11 is 0. The first-order chi connectivity index (χ1) is 7.40. The van der Waals surface area contributed by atoms with Gasteiger partial charge in [0.2, 0.25) is 0 Å². The average Bonchev–Trinajstić information content (AvgIpc) is 2.20. The van der Waals surface area contributed by atoms with E-state index in [1.165, 1.54) is 0 Å². The van der Waals surface area contributed by atoms with Crippen molar-refractivity contribution in [2.75, 3.05) is 13.2 Å². The Labute approximate surface area is 89.7 Å². The highest BCUT2D eigenvalue weighted by Crippen LogP contribution is 2.31. The first-order valence-electron chi connectivity index (χ1n) is 4.57. The van der Waals surface area contributed by atoms with Crippen molar-refractivity contribution in [2.24, 2.45) is 5.73 Å². The predicted octanol–water partition coefficient (Wildman–Crippen LogP) is 1.88. The quantitative estimate of drug-likeness (QED) is 0.788. The molecule has 0 spiro atoms. The molecule has 0 aliphatic rings. The second kappa shape index (κ2) is 4.80. The fourth-order valence-electron chi connectivity index (χ4n) is 1.33. The second-order valence-corrected chi connectivity index (χ2v) is 3.35. The van der Waals surface area contributed by atoms with Crippen molar-refractivity contribution in [3.05, 3.63) is 35.1 Å². The van der Waals surface area contributed by atoms with Gasteiger partial charge in [0.15, 0.2) is 0 Å². The monoisotopic (exact) mass is 237 g/mol. The molecule has 0 amide bonds. The van der Waals surface area contributed by atoms with Gasteiger partial charge in [-0.3, -0.25) is 0 Å². The average molecular weight is 237 g/mol. The summed E-state index contributed by atoms with van der Waals surface area (Å²) in [5.41, 5.74) is 4.20. The minimum Gasteiger partial charge on any atom is -0.396 e. The summed E-state index contributed by atoms with van der Waals surface area (Å²) in [4.78, 5) is 0.